The van der Waals surface area contributed by atoms with Gasteiger partial charge >= 0.3 is 5.97 Å². The Morgan fingerprint density at radius 3 is 2.52 bits per heavy atom. The predicted molar refractivity (Wildman–Crippen MR) is 99.6 cm³/mol. The quantitative estimate of drug-likeness (QED) is 0.495. The fourth-order valence-corrected chi connectivity index (χ4v) is 2.83. The second-order valence-electron chi connectivity index (χ2n) is 5.67. The third kappa shape index (κ3) is 3.68. The van der Waals surface area contributed by atoms with Gasteiger partial charge in [0.2, 0.25) is 0 Å². The van der Waals surface area contributed by atoms with E-state index in [4.69, 9.17) is 21.1 Å². The molecule has 2 aromatic carbocycles. The molecular weight excluding hydrogens is 372 g/mol. The van der Waals surface area contributed by atoms with Crippen molar-refractivity contribution in [2.24, 2.45) is 7.05 Å². The number of Topliss-reactive ketones (excluding diaryl/α,β-unsaturated/α-hetero) is 1. The van der Waals surface area contributed by atoms with Gasteiger partial charge in [0.25, 0.3) is 5.56 Å². The lowest BCUT2D eigenvalue weighted by molar-refractivity contribution is 0.0469. The first-order valence-electron chi connectivity index (χ1n) is 7.92. The van der Waals surface area contributed by atoms with Crippen molar-refractivity contribution in [1.29, 1.82) is 0 Å². The van der Waals surface area contributed by atoms with Crippen molar-refractivity contribution in [3.05, 3.63) is 69.1 Å². The Morgan fingerprint density at radius 2 is 1.85 bits per heavy atom. The molecule has 0 radical (unpaired) electrons. The molecule has 0 aliphatic rings. The van der Waals surface area contributed by atoms with Gasteiger partial charge in [0.15, 0.2) is 18.1 Å². The Bertz CT molecular complexity index is 1110. The van der Waals surface area contributed by atoms with Crippen LogP contribution in [-0.2, 0) is 11.8 Å². The summed E-state index contributed by atoms with van der Waals surface area (Å²) in [5.74, 6) is -0.789. The van der Waals surface area contributed by atoms with Crippen molar-refractivity contribution < 1.29 is 19.1 Å². The number of halogens is 1. The monoisotopic (exact) mass is 386 g/mol. The largest absolute Gasteiger partial charge is 0.495 e. The summed E-state index contributed by atoms with van der Waals surface area (Å²) in [6.45, 7) is -0.486. The maximum atomic E-state index is 12.4. The van der Waals surface area contributed by atoms with Crippen molar-refractivity contribution in [2.45, 2.75) is 0 Å². The van der Waals surface area contributed by atoms with E-state index in [1.54, 1.807) is 30.3 Å². The summed E-state index contributed by atoms with van der Waals surface area (Å²) in [7, 11) is 2.91. The predicted octanol–water partition coefficient (Wildman–Crippen LogP) is 2.64. The number of carbonyl (C=O) groups is 2. The van der Waals surface area contributed by atoms with Crippen LogP contribution in [0.25, 0.3) is 10.8 Å². The van der Waals surface area contributed by atoms with E-state index >= 15 is 0 Å². The van der Waals surface area contributed by atoms with Gasteiger partial charge in [-0.05, 0) is 24.3 Å². The van der Waals surface area contributed by atoms with Gasteiger partial charge in [0.05, 0.1) is 17.5 Å². The molecule has 0 atom stereocenters. The molecule has 1 heterocycles. The van der Waals surface area contributed by atoms with Gasteiger partial charge in [0.1, 0.15) is 5.75 Å². The fourth-order valence-electron chi connectivity index (χ4n) is 2.57. The first kappa shape index (κ1) is 18.6. The molecule has 7 nitrogen and oxygen atoms in total. The van der Waals surface area contributed by atoms with Crippen LogP contribution in [0.4, 0.5) is 0 Å². The van der Waals surface area contributed by atoms with Crippen molar-refractivity contribution in [1.82, 2.24) is 9.78 Å². The Labute approximate surface area is 159 Å². The number of carbonyl (C=O) groups excluding carboxylic acids is 2. The van der Waals surface area contributed by atoms with Crippen LogP contribution in [0, 0.1) is 0 Å². The van der Waals surface area contributed by atoms with Gasteiger partial charge in [-0.1, -0.05) is 29.8 Å². The minimum Gasteiger partial charge on any atom is -0.495 e. The maximum absolute atomic E-state index is 12.4. The Kier molecular flexibility index (Phi) is 5.23. The SMILES string of the molecule is COc1ccc(C(=O)COC(=O)c2nn(C)c(=O)c3ccccc23)cc1Cl. The highest BCUT2D eigenvalue weighted by atomic mass is 35.5. The number of rotatable bonds is 5. The Morgan fingerprint density at radius 1 is 1.15 bits per heavy atom. The zero-order chi connectivity index (χ0) is 19.6. The van der Waals surface area contributed by atoms with E-state index in [2.05, 4.69) is 5.10 Å². The molecule has 0 saturated heterocycles. The molecule has 0 bridgehead atoms. The highest BCUT2D eigenvalue weighted by Gasteiger charge is 2.19. The van der Waals surface area contributed by atoms with E-state index in [1.807, 2.05) is 0 Å². The summed E-state index contributed by atoms with van der Waals surface area (Å²) in [6, 6.07) is 11.1. The molecule has 0 spiro atoms. The first-order chi connectivity index (χ1) is 12.9. The van der Waals surface area contributed by atoms with Gasteiger partial charge < -0.3 is 9.47 Å². The van der Waals surface area contributed by atoms with E-state index in [-0.39, 0.29) is 21.8 Å². The number of hydrogen-bond donors (Lipinski definition) is 0. The average Bonchev–Trinajstić information content (AvgIpc) is 2.68. The van der Waals surface area contributed by atoms with E-state index in [9.17, 15) is 14.4 Å². The molecule has 3 aromatic rings. The van der Waals surface area contributed by atoms with Gasteiger partial charge in [-0.2, -0.15) is 5.10 Å². The van der Waals surface area contributed by atoms with Crippen LogP contribution < -0.4 is 10.3 Å². The second kappa shape index (κ2) is 7.59. The molecule has 0 aliphatic carbocycles. The van der Waals surface area contributed by atoms with Crippen LogP contribution in [0.1, 0.15) is 20.8 Å². The topological polar surface area (TPSA) is 87.5 Å². The van der Waals surface area contributed by atoms with Crippen LogP contribution in [-0.4, -0.2) is 35.2 Å². The number of benzene rings is 2. The minimum atomic E-state index is -0.797. The molecule has 27 heavy (non-hydrogen) atoms. The molecule has 0 unspecified atom stereocenters. The van der Waals surface area contributed by atoms with Gasteiger partial charge in [-0.3, -0.25) is 9.59 Å². The van der Waals surface area contributed by atoms with Crippen molar-refractivity contribution in [3.63, 3.8) is 0 Å². The lowest BCUT2D eigenvalue weighted by Crippen LogP contribution is -2.24. The number of aryl methyl sites for hydroxylation is 1. The summed E-state index contributed by atoms with van der Waals surface area (Å²) < 4.78 is 11.2. The Balaban J connectivity index is 1.81. The smallest absolute Gasteiger partial charge is 0.359 e. The molecule has 8 heteroatoms. The summed E-state index contributed by atoms with van der Waals surface area (Å²) in [5.41, 5.74) is -0.0776. The number of hydrogen-bond acceptors (Lipinski definition) is 6. The normalized spacial score (nSPS) is 10.6. The van der Waals surface area contributed by atoms with E-state index < -0.39 is 18.4 Å². The second-order valence-corrected chi connectivity index (χ2v) is 6.08. The van der Waals surface area contributed by atoms with Crippen LogP contribution in [0.15, 0.2) is 47.3 Å². The van der Waals surface area contributed by atoms with Crippen molar-refractivity contribution in [3.8, 4) is 5.75 Å². The molecule has 0 N–H and O–H groups in total. The van der Waals surface area contributed by atoms with E-state index in [0.29, 0.717) is 16.5 Å². The molecule has 138 valence electrons. The van der Waals surface area contributed by atoms with Crippen molar-refractivity contribution >= 4 is 34.1 Å². The molecule has 3 rings (SSSR count). The van der Waals surface area contributed by atoms with Crippen LogP contribution >= 0.6 is 11.6 Å². The van der Waals surface area contributed by atoms with Gasteiger partial charge in [-0.25, -0.2) is 9.48 Å². The fraction of sp³-hybridized carbons (Fsp3) is 0.158. The van der Waals surface area contributed by atoms with Crippen molar-refractivity contribution in [2.75, 3.05) is 13.7 Å². The number of ether oxygens (including phenoxy) is 2. The first-order valence-corrected chi connectivity index (χ1v) is 8.30. The van der Waals surface area contributed by atoms with Crippen LogP contribution in [0.3, 0.4) is 0 Å². The number of nitrogens with zero attached hydrogens (tertiary/aromatic N) is 2. The van der Waals surface area contributed by atoms with Crippen LogP contribution in [0.5, 0.6) is 5.75 Å². The summed E-state index contributed by atoms with van der Waals surface area (Å²) >= 11 is 6.00. The van der Waals surface area contributed by atoms with Crippen LogP contribution in [0.2, 0.25) is 5.02 Å². The number of esters is 1. The highest BCUT2D eigenvalue weighted by molar-refractivity contribution is 6.32. The molecule has 0 amide bonds. The summed E-state index contributed by atoms with van der Waals surface area (Å²) in [6.07, 6.45) is 0. The summed E-state index contributed by atoms with van der Waals surface area (Å²) in [5, 5.41) is 4.96. The average molecular weight is 387 g/mol. The third-order valence-corrected chi connectivity index (χ3v) is 4.25. The molecule has 1 aromatic heterocycles. The molecule has 0 aliphatic heterocycles. The number of fused-ring (bicyclic) bond motifs is 1. The highest BCUT2D eigenvalue weighted by Crippen LogP contribution is 2.25. The maximum Gasteiger partial charge on any atom is 0.359 e. The molecule has 0 saturated carbocycles. The number of methoxy groups -OCH3 is 1. The molecular formula is C19H15ClN2O5. The zero-order valence-electron chi connectivity index (χ0n) is 14.6. The van der Waals surface area contributed by atoms with E-state index in [0.717, 1.165) is 4.68 Å². The number of aromatic nitrogens is 2. The lowest BCUT2D eigenvalue weighted by atomic mass is 10.1. The lowest BCUT2D eigenvalue weighted by Gasteiger charge is -2.09. The molecule has 0 fully saturated rings. The standard InChI is InChI=1S/C19H15ClN2O5/c1-22-18(24)13-6-4-3-5-12(13)17(21-22)19(25)27-10-15(23)11-7-8-16(26-2)14(20)9-11/h3-9H,10H2,1-2H3. The van der Waals surface area contributed by atoms with Gasteiger partial charge in [-0.15, -0.1) is 0 Å². The minimum absolute atomic E-state index is 0.0340. The summed E-state index contributed by atoms with van der Waals surface area (Å²) in [4.78, 5) is 36.8. The van der Waals surface area contributed by atoms with Gasteiger partial charge in [0, 0.05) is 18.0 Å². The number of ketones is 1. The zero-order valence-corrected chi connectivity index (χ0v) is 15.3. The third-order valence-electron chi connectivity index (χ3n) is 3.96. The Hall–Kier alpha value is -3.19. The van der Waals surface area contributed by atoms with E-state index in [1.165, 1.54) is 26.3 Å².